The Hall–Kier alpha value is -2.39. The predicted octanol–water partition coefficient (Wildman–Crippen LogP) is 2.31. The summed E-state index contributed by atoms with van der Waals surface area (Å²) in [6, 6.07) is 7.36. The number of aromatic nitrogens is 5. The number of hydrogen-bond acceptors (Lipinski definition) is 5. The van der Waals surface area contributed by atoms with Gasteiger partial charge in [0.15, 0.2) is 0 Å². The molecule has 0 aliphatic rings. The number of anilines is 1. The first-order chi connectivity index (χ1) is 11.9. The number of rotatable bonds is 6. The van der Waals surface area contributed by atoms with E-state index in [2.05, 4.69) is 19.9 Å². The molecule has 0 aliphatic heterocycles. The second-order valence-corrected chi connectivity index (χ2v) is 7.46. The van der Waals surface area contributed by atoms with E-state index in [-0.39, 0.29) is 10.8 Å². The van der Waals surface area contributed by atoms with Gasteiger partial charge in [-0.25, -0.2) is 17.8 Å². The van der Waals surface area contributed by atoms with Crippen LogP contribution < -0.4 is 4.72 Å². The standard InChI is InChI=1S/C15H17ClN6O2S/c1-3-21-9-14(11(2)18-21)25(23,24)20-15-17-10-22(19-15)8-12-6-4-5-7-13(12)16/h4-7,9-10H,3,8H2,1-2H3,(H,19,20). The van der Waals surface area contributed by atoms with E-state index in [1.807, 2.05) is 25.1 Å². The smallest absolute Gasteiger partial charge is 0.267 e. The first-order valence-corrected chi connectivity index (χ1v) is 9.45. The first kappa shape index (κ1) is 17.4. The third kappa shape index (κ3) is 3.83. The topological polar surface area (TPSA) is 94.7 Å². The van der Waals surface area contributed by atoms with Gasteiger partial charge in [-0.1, -0.05) is 29.8 Å². The average molecular weight is 381 g/mol. The Bertz CT molecular complexity index is 995. The number of halogens is 1. The van der Waals surface area contributed by atoms with Gasteiger partial charge < -0.3 is 0 Å². The second-order valence-electron chi connectivity index (χ2n) is 5.40. The zero-order chi connectivity index (χ0) is 18.0. The van der Waals surface area contributed by atoms with Crippen molar-refractivity contribution in [2.45, 2.75) is 31.8 Å². The van der Waals surface area contributed by atoms with Gasteiger partial charge in [0.05, 0.1) is 12.2 Å². The maximum absolute atomic E-state index is 12.5. The van der Waals surface area contributed by atoms with E-state index in [0.717, 1.165) is 5.56 Å². The van der Waals surface area contributed by atoms with Crippen LogP contribution in [0.15, 0.2) is 41.7 Å². The summed E-state index contributed by atoms with van der Waals surface area (Å²) in [6.07, 6.45) is 2.93. The summed E-state index contributed by atoms with van der Waals surface area (Å²) in [7, 11) is -3.80. The van der Waals surface area contributed by atoms with Crippen LogP contribution in [-0.2, 0) is 23.1 Å². The average Bonchev–Trinajstić information content (AvgIpc) is 3.16. The van der Waals surface area contributed by atoms with Crippen molar-refractivity contribution in [1.82, 2.24) is 24.5 Å². The van der Waals surface area contributed by atoms with Crippen molar-refractivity contribution in [3.63, 3.8) is 0 Å². The quantitative estimate of drug-likeness (QED) is 0.708. The largest absolute Gasteiger partial charge is 0.271 e. The molecule has 3 rings (SSSR count). The van der Waals surface area contributed by atoms with Crippen molar-refractivity contribution in [2.75, 3.05) is 4.72 Å². The molecule has 0 atom stereocenters. The minimum Gasteiger partial charge on any atom is -0.271 e. The van der Waals surface area contributed by atoms with Crippen LogP contribution in [0.3, 0.4) is 0 Å². The first-order valence-electron chi connectivity index (χ1n) is 7.59. The molecular formula is C15H17ClN6O2S. The lowest BCUT2D eigenvalue weighted by atomic mass is 10.2. The molecular weight excluding hydrogens is 364 g/mol. The second kappa shape index (κ2) is 6.85. The Balaban J connectivity index is 1.78. The fourth-order valence-electron chi connectivity index (χ4n) is 2.32. The van der Waals surface area contributed by atoms with Crippen LogP contribution in [0, 0.1) is 6.92 Å². The Labute approximate surface area is 150 Å². The molecule has 10 heteroatoms. The summed E-state index contributed by atoms with van der Waals surface area (Å²) in [5.74, 6) is -0.00398. The Morgan fingerprint density at radius 1 is 1.20 bits per heavy atom. The molecule has 0 unspecified atom stereocenters. The van der Waals surface area contributed by atoms with Crippen molar-refractivity contribution in [3.8, 4) is 0 Å². The van der Waals surface area contributed by atoms with Gasteiger partial charge >= 0.3 is 0 Å². The molecule has 132 valence electrons. The summed E-state index contributed by atoms with van der Waals surface area (Å²) < 4.78 is 30.5. The lowest BCUT2D eigenvalue weighted by Crippen LogP contribution is -2.15. The summed E-state index contributed by atoms with van der Waals surface area (Å²) in [4.78, 5) is 4.11. The van der Waals surface area contributed by atoms with E-state index in [9.17, 15) is 8.42 Å². The van der Waals surface area contributed by atoms with E-state index in [0.29, 0.717) is 23.8 Å². The van der Waals surface area contributed by atoms with E-state index < -0.39 is 10.0 Å². The van der Waals surface area contributed by atoms with Gasteiger partial charge in [0.2, 0.25) is 0 Å². The predicted molar refractivity (Wildman–Crippen MR) is 94.0 cm³/mol. The highest BCUT2D eigenvalue weighted by Crippen LogP contribution is 2.18. The van der Waals surface area contributed by atoms with Gasteiger partial charge in [0, 0.05) is 17.8 Å². The number of nitrogens with zero attached hydrogens (tertiary/aromatic N) is 5. The van der Waals surface area contributed by atoms with Gasteiger partial charge in [-0.05, 0) is 25.5 Å². The zero-order valence-electron chi connectivity index (χ0n) is 13.7. The Kier molecular flexibility index (Phi) is 4.78. The maximum atomic E-state index is 12.5. The molecule has 0 amide bonds. The van der Waals surface area contributed by atoms with Gasteiger partial charge in [-0.2, -0.15) is 10.1 Å². The highest BCUT2D eigenvalue weighted by Gasteiger charge is 2.22. The molecule has 1 N–H and O–H groups in total. The van der Waals surface area contributed by atoms with E-state index in [1.165, 1.54) is 17.2 Å². The maximum Gasteiger partial charge on any atom is 0.267 e. The highest BCUT2D eigenvalue weighted by atomic mass is 35.5. The molecule has 25 heavy (non-hydrogen) atoms. The van der Waals surface area contributed by atoms with E-state index in [4.69, 9.17) is 11.6 Å². The molecule has 3 aromatic rings. The number of aryl methyl sites for hydroxylation is 2. The molecule has 0 radical (unpaired) electrons. The summed E-state index contributed by atoms with van der Waals surface area (Å²) in [5.41, 5.74) is 1.29. The number of benzene rings is 1. The molecule has 8 nitrogen and oxygen atoms in total. The molecule has 2 heterocycles. The lowest BCUT2D eigenvalue weighted by molar-refractivity contribution is 0.599. The van der Waals surface area contributed by atoms with Crippen LogP contribution in [0.25, 0.3) is 0 Å². The monoisotopic (exact) mass is 380 g/mol. The van der Waals surface area contributed by atoms with E-state index in [1.54, 1.807) is 17.7 Å². The van der Waals surface area contributed by atoms with E-state index >= 15 is 0 Å². The fourth-order valence-corrected chi connectivity index (χ4v) is 3.65. The molecule has 2 aromatic heterocycles. The van der Waals surface area contributed by atoms with Gasteiger partial charge in [0.1, 0.15) is 11.2 Å². The fraction of sp³-hybridized carbons (Fsp3) is 0.267. The van der Waals surface area contributed by atoms with Crippen LogP contribution in [-0.4, -0.2) is 33.0 Å². The third-order valence-corrected chi connectivity index (χ3v) is 5.37. The molecule has 1 aromatic carbocycles. The Morgan fingerprint density at radius 3 is 2.64 bits per heavy atom. The van der Waals surface area contributed by atoms with Crippen molar-refractivity contribution < 1.29 is 8.42 Å². The SMILES string of the molecule is CCn1cc(S(=O)(=O)Nc2ncn(Cc3ccccc3Cl)n2)c(C)n1. The summed E-state index contributed by atoms with van der Waals surface area (Å²) >= 11 is 6.12. The number of hydrogen-bond donors (Lipinski definition) is 1. The molecule has 0 fully saturated rings. The minimum atomic E-state index is -3.80. The van der Waals surface area contributed by atoms with Crippen LogP contribution in [0.1, 0.15) is 18.2 Å². The third-order valence-electron chi connectivity index (χ3n) is 3.57. The van der Waals surface area contributed by atoms with Crippen molar-refractivity contribution in [3.05, 3.63) is 53.1 Å². The van der Waals surface area contributed by atoms with Gasteiger partial charge in [-0.3, -0.25) is 4.68 Å². The van der Waals surface area contributed by atoms with Crippen LogP contribution in [0.5, 0.6) is 0 Å². The molecule has 0 spiro atoms. The van der Waals surface area contributed by atoms with Gasteiger partial charge in [-0.15, -0.1) is 5.10 Å². The summed E-state index contributed by atoms with van der Waals surface area (Å²) in [5, 5.41) is 8.90. The summed E-state index contributed by atoms with van der Waals surface area (Å²) in [6.45, 7) is 4.50. The number of sulfonamides is 1. The van der Waals surface area contributed by atoms with Gasteiger partial charge in [0.25, 0.3) is 16.0 Å². The highest BCUT2D eigenvalue weighted by molar-refractivity contribution is 7.92. The number of nitrogens with one attached hydrogen (secondary N) is 1. The van der Waals surface area contributed by atoms with Crippen molar-refractivity contribution >= 4 is 27.6 Å². The Morgan fingerprint density at radius 2 is 1.96 bits per heavy atom. The normalized spacial score (nSPS) is 11.6. The van der Waals surface area contributed by atoms with Crippen molar-refractivity contribution in [2.24, 2.45) is 0 Å². The van der Waals surface area contributed by atoms with Crippen LogP contribution >= 0.6 is 11.6 Å². The zero-order valence-corrected chi connectivity index (χ0v) is 15.3. The minimum absolute atomic E-state index is 0.00398. The van der Waals surface area contributed by atoms with Crippen molar-refractivity contribution in [1.29, 1.82) is 0 Å². The van der Waals surface area contributed by atoms with Crippen LogP contribution in [0.4, 0.5) is 5.95 Å². The molecule has 0 bridgehead atoms. The lowest BCUT2D eigenvalue weighted by Gasteiger charge is -2.04. The molecule has 0 saturated carbocycles. The molecule has 0 aliphatic carbocycles. The van der Waals surface area contributed by atoms with Crippen LogP contribution in [0.2, 0.25) is 5.02 Å². The molecule has 0 saturated heterocycles.